The van der Waals surface area contributed by atoms with E-state index >= 15 is 0 Å². The number of nitrogens with one attached hydrogen (secondary N) is 2. The lowest BCUT2D eigenvalue weighted by molar-refractivity contribution is 0.0767. The van der Waals surface area contributed by atoms with E-state index in [0.717, 1.165) is 12.4 Å². The largest absolute Gasteiger partial charge is 0.398 e. The van der Waals surface area contributed by atoms with Crippen molar-refractivity contribution in [1.29, 1.82) is 16.1 Å². The smallest absolute Gasteiger partial charge is 0.255 e. The lowest BCUT2D eigenvalue weighted by Crippen LogP contribution is -2.33. The van der Waals surface area contributed by atoms with E-state index in [2.05, 4.69) is 9.97 Å². The number of para-hydroxylation sites is 1. The van der Waals surface area contributed by atoms with Gasteiger partial charge in [-0.3, -0.25) is 9.78 Å². The number of anilines is 1. The Morgan fingerprint density at radius 1 is 1.31 bits per heavy atom. The van der Waals surface area contributed by atoms with Crippen LogP contribution in [0.5, 0.6) is 0 Å². The fourth-order valence-corrected chi connectivity index (χ4v) is 2.10. The first-order chi connectivity index (χ1) is 12.6. The van der Waals surface area contributed by atoms with Crippen LogP contribution in [0, 0.1) is 22.1 Å². The van der Waals surface area contributed by atoms with Gasteiger partial charge in [-0.05, 0) is 19.1 Å². The second-order valence-corrected chi connectivity index (χ2v) is 5.06. The van der Waals surface area contributed by atoms with Gasteiger partial charge >= 0.3 is 0 Å². The molecule has 0 fully saturated rings. The van der Waals surface area contributed by atoms with E-state index in [1.807, 2.05) is 13.0 Å². The Labute approximate surface area is 152 Å². The van der Waals surface area contributed by atoms with Crippen LogP contribution < -0.4 is 5.73 Å². The van der Waals surface area contributed by atoms with Crippen molar-refractivity contribution in [1.82, 2.24) is 14.9 Å². The van der Waals surface area contributed by atoms with Crippen LogP contribution in [0.15, 0.2) is 36.7 Å². The summed E-state index contributed by atoms with van der Waals surface area (Å²) in [5.41, 5.74) is 7.79. The molecule has 0 aliphatic carbocycles. The van der Waals surface area contributed by atoms with Crippen LogP contribution in [0.1, 0.15) is 28.7 Å². The van der Waals surface area contributed by atoms with Crippen LogP contribution >= 0.6 is 0 Å². The predicted octanol–water partition coefficient (Wildman–Crippen LogP) is 1.92. The van der Waals surface area contributed by atoms with Crippen LogP contribution in [0.4, 0.5) is 5.69 Å². The number of likely N-dealkylation sites (N-methyl/N-ethyl adjacent to an activating group) is 1. The molecule has 0 saturated heterocycles. The number of hydrogen-bond donors (Lipinski definition) is 3. The lowest BCUT2D eigenvalue weighted by atomic mass is 10.1. The maximum absolute atomic E-state index is 12.5. The maximum atomic E-state index is 12.5. The molecule has 8 nitrogen and oxygen atoms in total. The average Bonchev–Trinajstić information content (AvgIpc) is 2.69. The Morgan fingerprint density at radius 3 is 2.58 bits per heavy atom. The summed E-state index contributed by atoms with van der Waals surface area (Å²) in [6.07, 6.45) is 5.39. The first-order valence-corrected chi connectivity index (χ1v) is 7.91. The zero-order valence-corrected chi connectivity index (χ0v) is 14.5. The molecular formula is C18H21N7O. The van der Waals surface area contributed by atoms with Crippen molar-refractivity contribution < 1.29 is 4.79 Å². The van der Waals surface area contributed by atoms with E-state index in [1.165, 1.54) is 6.20 Å². The minimum absolute atomic E-state index is 0.106. The molecule has 134 valence electrons. The second kappa shape index (κ2) is 11.0. The molecule has 0 unspecified atom stereocenters. The van der Waals surface area contributed by atoms with Gasteiger partial charge in [0.2, 0.25) is 0 Å². The average molecular weight is 351 g/mol. The number of benzene rings is 1. The topological polar surface area (TPSA) is 144 Å². The zero-order valence-electron chi connectivity index (χ0n) is 14.5. The summed E-state index contributed by atoms with van der Waals surface area (Å²) >= 11 is 0. The summed E-state index contributed by atoms with van der Waals surface area (Å²) in [6.45, 7) is 2.97. The minimum atomic E-state index is -0.106. The van der Waals surface area contributed by atoms with Gasteiger partial charge in [0.25, 0.3) is 5.91 Å². The number of nitrogen functional groups attached to an aromatic ring is 1. The molecule has 8 heteroatoms. The van der Waals surface area contributed by atoms with Crippen LogP contribution in [0.2, 0.25) is 0 Å². The fraction of sp³-hybridized carbons (Fsp3) is 0.222. The fourth-order valence-electron chi connectivity index (χ4n) is 2.10. The molecule has 4 N–H and O–H groups in total. The monoisotopic (exact) mass is 351 g/mol. The van der Waals surface area contributed by atoms with Crippen molar-refractivity contribution in [3.8, 4) is 6.07 Å². The quantitative estimate of drug-likeness (QED) is 0.538. The molecule has 1 heterocycles. The highest BCUT2D eigenvalue weighted by Crippen LogP contribution is 2.13. The third kappa shape index (κ3) is 6.13. The highest BCUT2D eigenvalue weighted by atomic mass is 16.2. The van der Waals surface area contributed by atoms with E-state index in [1.54, 1.807) is 35.4 Å². The zero-order chi connectivity index (χ0) is 19.4. The van der Waals surface area contributed by atoms with E-state index in [4.69, 9.17) is 21.8 Å². The Balaban J connectivity index is 0.000000765. The molecule has 0 aliphatic heterocycles. The standard InChI is InChI=1S/C16H17N5O.C2H4N2/c1-2-21(16(22)14-5-3-4-6-15(14)18)8-7-12-10-19-11-13(9-17)20-12;3-1-2-4/h3-6,10-11H,2,7-8,18H2,1H3;1-4H. The van der Waals surface area contributed by atoms with Crippen LogP contribution in [-0.2, 0) is 6.42 Å². The lowest BCUT2D eigenvalue weighted by Gasteiger charge is -2.21. The summed E-state index contributed by atoms with van der Waals surface area (Å²) in [6, 6.07) is 8.97. The molecule has 2 rings (SSSR count). The number of hydrogen-bond acceptors (Lipinski definition) is 7. The summed E-state index contributed by atoms with van der Waals surface area (Å²) in [4.78, 5) is 22.3. The first kappa shape index (κ1) is 20.4. The van der Waals surface area contributed by atoms with Gasteiger partial charge < -0.3 is 21.5 Å². The van der Waals surface area contributed by atoms with Crippen molar-refractivity contribution in [2.45, 2.75) is 13.3 Å². The highest BCUT2D eigenvalue weighted by molar-refractivity contribution is 6.12. The van der Waals surface area contributed by atoms with Gasteiger partial charge in [-0.1, -0.05) is 12.1 Å². The van der Waals surface area contributed by atoms with Gasteiger partial charge in [0.1, 0.15) is 6.07 Å². The molecule has 0 aliphatic rings. The van der Waals surface area contributed by atoms with E-state index in [0.29, 0.717) is 36.5 Å². The molecule has 0 atom stereocenters. The van der Waals surface area contributed by atoms with Crippen LogP contribution in [-0.4, -0.2) is 46.3 Å². The maximum Gasteiger partial charge on any atom is 0.255 e. The van der Waals surface area contributed by atoms with Gasteiger partial charge in [-0.2, -0.15) is 5.26 Å². The second-order valence-electron chi connectivity index (χ2n) is 5.06. The minimum Gasteiger partial charge on any atom is -0.398 e. The Hall–Kier alpha value is -3.60. The Morgan fingerprint density at radius 2 is 2.00 bits per heavy atom. The first-order valence-electron chi connectivity index (χ1n) is 7.91. The van der Waals surface area contributed by atoms with Crippen molar-refractivity contribution in [2.75, 3.05) is 18.8 Å². The van der Waals surface area contributed by atoms with Gasteiger partial charge in [-0.25, -0.2) is 4.98 Å². The molecule has 26 heavy (non-hydrogen) atoms. The molecule has 2 aromatic rings. The SMILES string of the molecule is CCN(CCc1cncc(C#N)n1)C(=O)c1ccccc1N.N=CC=N. The van der Waals surface area contributed by atoms with Crippen LogP contribution in [0.25, 0.3) is 0 Å². The van der Waals surface area contributed by atoms with E-state index in [-0.39, 0.29) is 11.6 Å². The van der Waals surface area contributed by atoms with Gasteiger partial charge in [0, 0.05) is 43.8 Å². The predicted molar refractivity (Wildman–Crippen MR) is 100 cm³/mol. The molecule has 0 spiro atoms. The summed E-state index contributed by atoms with van der Waals surface area (Å²) in [5, 5.41) is 21.0. The Bertz CT molecular complexity index is 792. The van der Waals surface area contributed by atoms with Gasteiger partial charge in [-0.15, -0.1) is 0 Å². The van der Waals surface area contributed by atoms with E-state index < -0.39 is 0 Å². The normalized spacial score (nSPS) is 9.23. The summed E-state index contributed by atoms with van der Waals surface area (Å²) in [7, 11) is 0. The van der Waals surface area contributed by atoms with E-state index in [9.17, 15) is 4.79 Å². The molecular weight excluding hydrogens is 330 g/mol. The summed E-state index contributed by atoms with van der Waals surface area (Å²) < 4.78 is 0. The van der Waals surface area contributed by atoms with Crippen molar-refractivity contribution in [3.63, 3.8) is 0 Å². The third-order valence-corrected chi connectivity index (χ3v) is 3.38. The number of carbonyl (C=O) groups excluding carboxylic acids is 1. The van der Waals surface area contributed by atoms with Crippen molar-refractivity contribution in [2.24, 2.45) is 0 Å². The number of rotatable bonds is 6. The molecule has 0 bridgehead atoms. The summed E-state index contributed by atoms with van der Waals surface area (Å²) in [5.74, 6) is -0.106. The molecule has 1 aromatic heterocycles. The number of nitriles is 1. The number of amides is 1. The molecule has 0 radical (unpaired) electrons. The third-order valence-electron chi connectivity index (χ3n) is 3.38. The number of nitrogens with two attached hydrogens (primary N) is 1. The van der Waals surface area contributed by atoms with Crippen molar-refractivity contribution >= 4 is 24.0 Å². The van der Waals surface area contributed by atoms with Gasteiger partial charge in [0.05, 0.1) is 17.5 Å². The van der Waals surface area contributed by atoms with Crippen molar-refractivity contribution in [3.05, 3.63) is 53.6 Å². The van der Waals surface area contributed by atoms with Crippen LogP contribution in [0.3, 0.4) is 0 Å². The molecule has 1 amide bonds. The number of aromatic nitrogens is 2. The highest BCUT2D eigenvalue weighted by Gasteiger charge is 2.16. The Kier molecular flexibility index (Phi) is 8.68. The van der Waals surface area contributed by atoms with Gasteiger partial charge in [0.15, 0.2) is 5.69 Å². The molecule has 0 saturated carbocycles. The number of carbonyl (C=O) groups is 1. The molecule has 1 aromatic carbocycles. The number of nitrogens with zero attached hydrogens (tertiary/aromatic N) is 4.